The summed E-state index contributed by atoms with van der Waals surface area (Å²) in [6, 6.07) is 2.73. The van der Waals surface area contributed by atoms with E-state index in [-0.39, 0.29) is 34.2 Å². The van der Waals surface area contributed by atoms with E-state index in [0.717, 1.165) is 36.3 Å². The summed E-state index contributed by atoms with van der Waals surface area (Å²) in [5.74, 6) is -1.07. The number of fused-ring (bicyclic) bond motifs is 2. The number of thiophene rings is 1. The molecule has 3 saturated heterocycles. The molecule has 0 aliphatic carbocycles. The number of halogens is 2. The lowest BCUT2D eigenvalue weighted by Gasteiger charge is -2.42. The molecule has 3 aromatic rings. The quantitative estimate of drug-likeness (QED) is 0.273. The fourth-order valence-electron chi connectivity index (χ4n) is 6.40. The predicted molar refractivity (Wildman–Crippen MR) is 162 cm³/mol. The topological polar surface area (TPSA) is 178 Å². The lowest BCUT2D eigenvalue weighted by Crippen LogP contribution is -2.60. The highest BCUT2D eigenvalue weighted by atomic mass is 32.1. The molecule has 17 heteroatoms. The number of benzene rings is 1. The minimum Gasteiger partial charge on any atom is -0.384 e. The number of carbonyl (C=O) groups excluding carboxylic acids is 3. The Bertz CT molecular complexity index is 1730. The molecule has 5 heterocycles. The first kappa shape index (κ1) is 32.6. The van der Waals surface area contributed by atoms with Crippen molar-refractivity contribution in [2.45, 2.75) is 87.8 Å². The van der Waals surface area contributed by atoms with Gasteiger partial charge < -0.3 is 30.0 Å². The molecule has 3 amide bonds. The Morgan fingerprint density at radius 1 is 1.07 bits per heavy atom. The van der Waals surface area contributed by atoms with Crippen molar-refractivity contribution >= 4 is 46.7 Å². The van der Waals surface area contributed by atoms with Crippen molar-refractivity contribution in [1.29, 1.82) is 0 Å². The summed E-state index contributed by atoms with van der Waals surface area (Å²) in [5.41, 5.74) is -5.96. The zero-order chi connectivity index (χ0) is 33.2. The predicted octanol–water partition coefficient (Wildman–Crippen LogP) is 3.06. The van der Waals surface area contributed by atoms with E-state index >= 15 is 0 Å². The van der Waals surface area contributed by atoms with Gasteiger partial charge in [-0.15, -0.1) is 16.4 Å². The van der Waals surface area contributed by atoms with Crippen LogP contribution >= 0.6 is 18.9 Å². The molecule has 1 unspecified atom stereocenters. The highest BCUT2D eigenvalue weighted by Gasteiger charge is 2.50. The first-order chi connectivity index (χ1) is 21.5. The van der Waals surface area contributed by atoms with Crippen LogP contribution in [-0.2, 0) is 25.4 Å². The second-order valence-electron chi connectivity index (χ2n) is 12.8. The van der Waals surface area contributed by atoms with Gasteiger partial charge in [0, 0.05) is 29.4 Å². The lowest BCUT2D eigenvalue weighted by molar-refractivity contribution is -0.150. The molecule has 13 nitrogen and oxygen atoms in total. The van der Waals surface area contributed by atoms with Gasteiger partial charge in [-0.1, -0.05) is 24.1 Å². The van der Waals surface area contributed by atoms with Gasteiger partial charge in [0.25, 0.3) is 5.91 Å². The monoisotopic (exact) mass is 680 g/mol. The van der Waals surface area contributed by atoms with E-state index in [1.54, 1.807) is 34.5 Å². The average Bonchev–Trinajstić information content (AvgIpc) is 3.69. The number of hydrogen-bond donors (Lipinski definition) is 4. The van der Waals surface area contributed by atoms with Crippen LogP contribution in [0.25, 0.3) is 10.1 Å². The molecule has 248 valence electrons. The van der Waals surface area contributed by atoms with E-state index in [4.69, 9.17) is 9.79 Å². The summed E-state index contributed by atoms with van der Waals surface area (Å²) < 4.78 is 42.0. The molecule has 6 rings (SSSR count). The van der Waals surface area contributed by atoms with E-state index in [0.29, 0.717) is 49.2 Å². The van der Waals surface area contributed by atoms with E-state index < -0.39 is 42.4 Å². The third-order valence-electron chi connectivity index (χ3n) is 9.06. The van der Waals surface area contributed by atoms with Crippen LogP contribution in [-0.4, -0.2) is 88.6 Å². The number of likely N-dealkylation sites (tertiary alicyclic amines) is 1. The van der Waals surface area contributed by atoms with Crippen LogP contribution in [0.1, 0.15) is 79.3 Å². The second kappa shape index (κ2) is 11.7. The van der Waals surface area contributed by atoms with Crippen LogP contribution in [0.4, 0.5) is 8.78 Å². The first-order valence-corrected chi connectivity index (χ1v) is 17.5. The molecular formula is C29H35F2N6O7PS. The Morgan fingerprint density at radius 2 is 1.78 bits per heavy atom. The minimum atomic E-state index is -5.76. The molecule has 3 aliphatic rings. The summed E-state index contributed by atoms with van der Waals surface area (Å²) in [6.45, 7) is 4.02. The van der Waals surface area contributed by atoms with Crippen molar-refractivity contribution in [1.82, 2.24) is 30.1 Å². The number of aromatic nitrogens is 3. The van der Waals surface area contributed by atoms with Crippen LogP contribution in [0.5, 0.6) is 0 Å². The number of alkyl halides is 2. The maximum atomic E-state index is 14.3. The number of amides is 3. The first-order valence-electron chi connectivity index (χ1n) is 15.1. The minimum absolute atomic E-state index is 0.0970. The number of carbonyl (C=O) groups is 3. The van der Waals surface area contributed by atoms with E-state index in [1.807, 2.05) is 0 Å². The molecule has 4 N–H and O–H groups in total. The van der Waals surface area contributed by atoms with Crippen LogP contribution in [0.2, 0.25) is 0 Å². The summed E-state index contributed by atoms with van der Waals surface area (Å²) in [5, 5.41) is 21.3. The zero-order valence-corrected chi connectivity index (χ0v) is 26.9. The van der Waals surface area contributed by atoms with Crippen LogP contribution in [0, 0.1) is 0 Å². The Kier molecular flexibility index (Phi) is 8.33. The zero-order valence-electron chi connectivity index (χ0n) is 25.2. The molecule has 3 aliphatic heterocycles. The highest BCUT2D eigenvalue weighted by molar-refractivity contribution is 7.52. The maximum Gasteiger partial charge on any atom is 0.399 e. The van der Waals surface area contributed by atoms with Gasteiger partial charge >= 0.3 is 13.3 Å². The molecule has 1 aromatic carbocycles. The molecule has 3 fully saturated rings. The smallest absolute Gasteiger partial charge is 0.384 e. The van der Waals surface area contributed by atoms with Gasteiger partial charge in [0.1, 0.15) is 23.4 Å². The normalized spacial score (nSPS) is 23.2. The number of rotatable bonds is 7. The maximum absolute atomic E-state index is 14.3. The Labute approximate surface area is 266 Å². The third-order valence-corrected chi connectivity index (χ3v) is 11.2. The van der Waals surface area contributed by atoms with Crippen molar-refractivity contribution in [2.24, 2.45) is 0 Å². The summed E-state index contributed by atoms with van der Waals surface area (Å²) in [6.07, 6.45) is 5.51. The fourth-order valence-corrected chi connectivity index (χ4v) is 7.82. The van der Waals surface area contributed by atoms with E-state index in [1.165, 1.54) is 12.1 Å². The Balaban J connectivity index is 1.14. The number of aliphatic hydroxyl groups is 1. The van der Waals surface area contributed by atoms with Gasteiger partial charge in [-0.3, -0.25) is 18.9 Å². The molecular weight excluding hydrogens is 645 g/mol. The Hall–Kier alpha value is -3.30. The Morgan fingerprint density at radius 3 is 2.46 bits per heavy atom. The van der Waals surface area contributed by atoms with E-state index in [9.17, 15) is 32.8 Å². The van der Waals surface area contributed by atoms with Crippen molar-refractivity contribution in [2.75, 3.05) is 13.1 Å². The average molecular weight is 681 g/mol. The van der Waals surface area contributed by atoms with Gasteiger partial charge in [0.15, 0.2) is 0 Å². The van der Waals surface area contributed by atoms with Crippen molar-refractivity contribution in [3.8, 4) is 0 Å². The van der Waals surface area contributed by atoms with Gasteiger partial charge in [-0.05, 0) is 63.1 Å². The molecule has 3 atom stereocenters. The lowest BCUT2D eigenvalue weighted by atomic mass is 9.98. The van der Waals surface area contributed by atoms with Gasteiger partial charge in [-0.2, -0.15) is 8.78 Å². The van der Waals surface area contributed by atoms with Crippen LogP contribution in [0.15, 0.2) is 30.5 Å². The molecule has 2 aromatic heterocycles. The summed E-state index contributed by atoms with van der Waals surface area (Å²) in [7, 11) is -5.76. The molecule has 0 spiro atoms. The molecule has 0 radical (unpaired) electrons. The fraction of sp³-hybridized carbons (Fsp3) is 0.552. The van der Waals surface area contributed by atoms with E-state index in [2.05, 4.69) is 15.6 Å². The number of nitrogens with zero attached hydrogens (tertiary/aromatic N) is 5. The van der Waals surface area contributed by atoms with Crippen molar-refractivity contribution in [3.63, 3.8) is 0 Å². The SMILES string of the molecule is CC(C)(O)c1cn(C2CN(C(=O)[C@@H]3CCC4CCCC[C@H](NC(=O)c5cc6cc(C(F)(F)P(=O)(O)O)ccc6s5)C(=O)N43)C2)nn1. The standard InChI is InChI=1S/C29H35F2N6O7PS/c1-28(2,41)24-15-36(34-33-24)19-13-35(14-19)27(40)21-9-8-18-5-3-4-6-20(26(39)37(18)21)32-25(38)23-12-16-11-17(7-10-22(16)46-23)29(30,31)45(42,43)44/h7,10-12,15,18-21,41H,3-6,8-9,13-14H2,1-2H3,(H,32,38)(H2,42,43,44)/t18?,20-,21-/m0/s1. The molecule has 0 bridgehead atoms. The second-order valence-corrected chi connectivity index (χ2v) is 15.5. The van der Waals surface area contributed by atoms with Gasteiger partial charge in [0.05, 0.1) is 17.1 Å². The van der Waals surface area contributed by atoms with Gasteiger partial charge in [0.2, 0.25) is 11.8 Å². The largest absolute Gasteiger partial charge is 0.399 e. The van der Waals surface area contributed by atoms with Crippen molar-refractivity contribution in [3.05, 3.63) is 46.6 Å². The summed E-state index contributed by atoms with van der Waals surface area (Å²) >= 11 is 1.01. The van der Waals surface area contributed by atoms with Crippen LogP contribution < -0.4 is 5.32 Å². The van der Waals surface area contributed by atoms with Crippen molar-refractivity contribution < 1.29 is 42.6 Å². The number of hydrogen-bond acceptors (Lipinski definition) is 8. The van der Waals surface area contributed by atoms with Gasteiger partial charge in [-0.25, -0.2) is 4.68 Å². The summed E-state index contributed by atoms with van der Waals surface area (Å²) in [4.78, 5) is 62.6. The van der Waals surface area contributed by atoms with Crippen LogP contribution in [0.3, 0.4) is 0 Å². The molecule has 46 heavy (non-hydrogen) atoms. The highest BCUT2D eigenvalue weighted by Crippen LogP contribution is 2.59. The number of nitrogens with one attached hydrogen (secondary N) is 1. The third kappa shape index (κ3) is 5.97. The molecule has 0 saturated carbocycles.